The van der Waals surface area contributed by atoms with Gasteiger partial charge in [0.2, 0.25) is 5.91 Å². The molecule has 0 spiro atoms. The number of benzene rings is 2. The van der Waals surface area contributed by atoms with Gasteiger partial charge in [0.15, 0.2) is 0 Å². The highest BCUT2D eigenvalue weighted by Crippen LogP contribution is 2.17. The highest BCUT2D eigenvalue weighted by molar-refractivity contribution is 5.91. The quantitative estimate of drug-likeness (QED) is 0.772. The van der Waals surface area contributed by atoms with Gasteiger partial charge in [-0.15, -0.1) is 0 Å². The van der Waals surface area contributed by atoms with E-state index in [1.807, 2.05) is 0 Å². The molecule has 1 heterocycles. The Morgan fingerprint density at radius 1 is 0.964 bits per heavy atom. The van der Waals surface area contributed by atoms with Crippen molar-refractivity contribution in [1.29, 1.82) is 0 Å². The lowest BCUT2D eigenvalue weighted by atomic mass is 10.2. The first kappa shape index (κ1) is 19.9. The summed E-state index contributed by atoms with van der Waals surface area (Å²) in [6, 6.07) is 10.0. The van der Waals surface area contributed by atoms with Crippen LogP contribution in [-0.2, 0) is 4.79 Å². The number of nitrogens with zero attached hydrogens (tertiary/aromatic N) is 2. The summed E-state index contributed by atoms with van der Waals surface area (Å²) in [5.41, 5.74) is 0.773. The molecule has 1 saturated heterocycles. The zero-order valence-corrected chi connectivity index (χ0v) is 15.4. The Morgan fingerprint density at radius 3 is 2.25 bits per heavy atom. The number of amides is 1. The molecule has 7 heteroatoms. The number of anilines is 1. The third kappa shape index (κ3) is 5.36. The van der Waals surface area contributed by atoms with Crippen LogP contribution in [0.4, 0.5) is 18.9 Å². The van der Waals surface area contributed by atoms with Gasteiger partial charge < -0.3 is 10.2 Å². The zero-order valence-electron chi connectivity index (χ0n) is 15.4. The molecule has 1 aliphatic rings. The minimum Gasteiger partial charge on any atom is -0.369 e. The molecule has 3 rings (SSSR count). The van der Waals surface area contributed by atoms with E-state index >= 15 is 0 Å². The van der Waals surface area contributed by atoms with Crippen LogP contribution in [0.2, 0.25) is 0 Å². The summed E-state index contributed by atoms with van der Waals surface area (Å²) in [6.45, 7) is 4.45. The average Bonchev–Trinajstić information content (AvgIpc) is 2.69. The smallest absolute Gasteiger partial charge is 0.244 e. The Morgan fingerprint density at radius 2 is 1.61 bits per heavy atom. The van der Waals surface area contributed by atoms with Crippen molar-refractivity contribution >= 4 is 17.7 Å². The maximum absolute atomic E-state index is 13.5. The monoisotopic (exact) mass is 389 g/mol. The van der Waals surface area contributed by atoms with Gasteiger partial charge in [-0.3, -0.25) is 9.69 Å². The van der Waals surface area contributed by atoms with Gasteiger partial charge in [0.05, 0.1) is 0 Å². The van der Waals surface area contributed by atoms with Crippen molar-refractivity contribution in [2.45, 2.75) is 0 Å². The topological polar surface area (TPSA) is 35.6 Å². The summed E-state index contributed by atoms with van der Waals surface area (Å²) in [4.78, 5) is 16.3. The van der Waals surface area contributed by atoms with Gasteiger partial charge in [-0.1, -0.05) is 6.07 Å². The molecule has 0 aliphatic carbocycles. The van der Waals surface area contributed by atoms with E-state index in [9.17, 15) is 18.0 Å². The Balaban J connectivity index is 1.39. The van der Waals surface area contributed by atoms with Gasteiger partial charge >= 0.3 is 0 Å². The summed E-state index contributed by atoms with van der Waals surface area (Å²) in [5, 5.41) is 2.72. The summed E-state index contributed by atoms with van der Waals surface area (Å²) in [5.74, 6) is -2.05. The van der Waals surface area contributed by atoms with Crippen LogP contribution < -0.4 is 10.2 Å². The number of hydrogen-bond acceptors (Lipinski definition) is 3. The van der Waals surface area contributed by atoms with Crippen molar-refractivity contribution in [1.82, 2.24) is 10.2 Å². The molecule has 1 aliphatic heterocycles. The first-order valence-electron chi connectivity index (χ1n) is 9.16. The second-order valence-corrected chi connectivity index (χ2v) is 6.56. The number of hydrogen-bond donors (Lipinski definition) is 1. The number of nitrogens with one attached hydrogen (secondary N) is 1. The van der Waals surface area contributed by atoms with Gasteiger partial charge in [-0.25, -0.2) is 13.2 Å². The number of rotatable bonds is 6. The van der Waals surface area contributed by atoms with E-state index in [1.165, 1.54) is 18.2 Å². The molecular formula is C21H22F3N3O. The van der Waals surface area contributed by atoms with Crippen molar-refractivity contribution in [2.75, 3.05) is 44.2 Å². The van der Waals surface area contributed by atoms with Gasteiger partial charge in [-0.05, 0) is 42.5 Å². The second kappa shape index (κ2) is 9.41. The molecule has 0 saturated carbocycles. The number of carbonyl (C=O) groups excluding carboxylic acids is 1. The van der Waals surface area contributed by atoms with E-state index in [0.717, 1.165) is 56.2 Å². The molecule has 1 N–H and O–H groups in total. The number of halogens is 3. The molecule has 0 bridgehead atoms. The summed E-state index contributed by atoms with van der Waals surface area (Å²) in [6.07, 6.45) is 2.27. The zero-order chi connectivity index (χ0) is 19.9. The molecular weight excluding hydrogens is 367 g/mol. The lowest BCUT2D eigenvalue weighted by molar-refractivity contribution is -0.116. The minimum absolute atomic E-state index is 0.227. The van der Waals surface area contributed by atoms with E-state index < -0.39 is 17.5 Å². The maximum Gasteiger partial charge on any atom is 0.244 e. The molecule has 28 heavy (non-hydrogen) atoms. The van der Waals surface area contributed by atoms with Crippen LogP contribution in [0, 0.1) is 17.5 Å². The van der Waals surface area contributed by atoms with Crippen LogP contribution in [0.5, 0.6) is 0 Å². The van der Waals surface area contributed by atoms with E-state index in [2.05, 4.69) is 15.1 Å². The van der Waals surface area contributed by atoms with Gasteiger partial charge in [0.25, 0.3) is 0 Å². The predicted molar refractivity (Wildman–Crippen MR) is 103 cm³/mol. The average molecular weight is 389 g/mol. The summed E-state index contributed by atoms with van der Waals surface area (Å²) in [7, 11) is 0. The van der Waals surface area contributed by atoms with Crippen LogP contribution in [0.25, 0.3) is 6.08 Å². The van der Waals surface area contributed by atoms with Crippen LogP contribution in [-0.4, -0.2) is 50.1 Å². The van der Waals surface area contributed by atoms with Crippen molar-refractivity contribution in [3.8, 4) is 0 Å². The van der Waals surface area contributed by atoms with Gasteiger partial charge in [0.1, 0.15) is 17.5 Å². The van der Waals surface area contributed by atoms with Crippen molar-refractivity contribution < 1.29 is 18.0 Å². The molecule has 1 amide bonds. The highest BCUT2D eigenvalue weighted by Gasteiger charge is 2.17. The Kier molecular flexibility index (Phi) is 6.71. The Bertz CT molecular complexity index is 811. The standard InChI is InChI=1S/C21H22F3N3O/c22-16-4-6-17(7-5-16)27-14-12-26(13-15-27)11-10-25-21(28)9-8-18-19(23)2-1-3-20(18)24/h1-9H,10-15H2,(H,25,28). The molecule has 148 valence electrons. The van der Waals surface area contributed by atoms with E-state index in [4.69, 9.17) is 0 Å². The molecule has 2 aromatic carbocycles. The molecule has 0 unspecified atom stereocenters. The van der Waals surface area contributed by atoms with E-state index in [-0.39, 0.29) is 11.4 Å². The van der Waals surface area contributed by atoms with Gasteiger partial charge in [-0.2, -0.15) is 0 Å². The van der Waals surface area contributed by atoms with Crippen LogP contribution >= 0.6 is 0 Å². The highest BCUT2D eigenvalue weighted by atomic mass is 19.1. The molecule has 1 fully saturated rings. The minimum atomic E-state index is -0.705. The predicted octanol–water partition coefficient (Wildman–Crippen LogP) is 3.06. The Hall–Kier alpha value is -2.80. The number of carbonyl (C=O) groups is 1. The van der Waals surface area contributed by atoms with Crippen molar-refractivity contribution in [3.63, 3.8) is 0 Å². The summed E-state index contributed by atoms with van der Waals surface area (Å²) >= 11 is 0. The third-order valence-electron chi connectivity index (χ3n) is 4.69. The molecule has 4 nitrogen and oxygen atoms in total. The Labute approximate surface area is 162 Å². The van der Waals surface area contributed by atoms with Gasteiger partial charge in [0, 0.05) is 56.6 Å². The lowest BCUT2D eigenvalue weighted by Crippen LogP contribution is -2.48. The van der Waals surface area contributed by atoms with Crippen molar-refractivity contribution in [3.05, 3.63) is 71.6 Å². The fraction of sp³-hybridized carbons (Fsp3) is 0.286. The third-order valence-corrected chi connectivity index (χ3v) is 4.69. The largest absolute Gasteiger partial charge is 0.369 e. The van der Waals surface area contributed by atoms with Crippen LogP contribution in [0.1, 0.15) is 5.56 Å². The fourth-order valence-corrected chi connectivity index (χ4v) is 3.11. The van der Waals surface area contributed by atoms with Crippen LogP contribution in [0.15, 0.2) is 48.5 Å². The van der Waals surface area contributed by atoms with E-state index in [0.29, 0.717) is 13.1 Å². The molecule has 0 atom stereocenters. The normalized spacial score (nSPS) is 15.2. The van der Waals surface area contributed by atoms with Crippen molar-refractivity contribution in [2.24, 2.45) is 0 Å². The molecule has 0 aromatic heterocycles. The van der Waals surface area contributed by atoms with E-state index in [1.54, 1.807) is 12.1 Å². The lowest BCUT2D eigenvalue weighted by Gasteiger charge is -2.36. The first-order valence-corrected chi connectivity index (χ1v) is 9.16. The summed E-state index contributed by atoms with van der Waals surface area (Å²) < 4.78 is 40.0. The number of piperazine rings is 1. The second-order valence-electron chi connectivity index (χ2n) is 6.56. The molecule has 0 radical (unpaired) electrons. The maximum atomic E-state index is 13.5. The fourth-order valence-electron chi connectivity index (χ4n) is 3.11. The van der Waals surface area contributed by atoms with Crippen LogP contribution in [0.3, 0.4) is 0 Å². The molecule has 2 aromatic rings. The SMILES string of the molecule is O=C(C=Cc1c(F)cccc1F)NCCN1CCN(c2ccc(F)cc2)CC1. The first-order chi connectivity index (χ1) is 13.5.